The lowest BCUT2D eigenvalue weighted by Gasteiger charge is -2.32. The maximum atomic E-state index is 12.4. The fraction of sp³-hybridized carbons (Fsp3) is 0.0556. The molecular weight excluding hydrogens is 320 g/mol. The Morgan fingerprint density at radius 3 is 2.58 bits per heavy atom. The molecule has 2 heterocycles. The molecule has 0 saturated carbocycles. The Bertz CT molecular complexity index is 878. The smallest absolute Gasteiger partial charge is 0.340 e. The van der Waals surface area contributed by atoms with Crippen LogP contribution in [0.3, 0.4) is 0 Å². The van der Waals surface area contributed by atoms with Crippen LogP contribution >= 0.6 is 11.3 Å². The number of rotatable bonds is 3. The SMILES string of the molecule is Nc1ccc(-c2cccs2)c2c1NC(=O)N(Cc1ccccc1)N2. The molecule has 0 fully saturated rings. The number of amides is 2. The van der Waals surface area contributed by atoms with Crippen molar-refractivity contribution in [3.8, 4) is 10.4 Å². The Morgan fingerprint density at radius 1 is 1.00 bits per heavy atom. The molecule has 2 aromatic carbocycles. The lowest BCUT2D eigenvalue weighted by atomic mass is 10.1. The predicted molar refractivity (Wildman–Crippen MR) is 98.8 cm³/mol. The molecule has 0 bridgehead atoms. The van der Waals surface area contributed by atoms with E-state index >= 15 is 0 Å². The summed E-state index contributed by atoms with van der Waals surface area (Å²) in [5, 5.41) is 6.50. The Hall–Kier alpha value is -2.99. The third kappa shape index (κ3) is 2.57. The predicted octanol–water partition coefficient (Wildman–Crippen LogP) is 4.37. The first-order valence-corrected chi connectivity index (χ1v) is 8.46. The average molecular weight is 336 g/mol. The van der Waals surface area contributed by atoms with Gasteiger partial charge in [-0.3, -0.25) is 5.43 Å². The van der Waals surface area contributed by atoms with Crippen molar-refractivity contribution < 1.29 is 4.79 Å². The number of hydrogen-bond donors (Lipinski definition) is 3. The van der Waals surface area contributed by atoms with Gasteiger partial charge in [0.05, 0.1) is 23.6 Å². The van der Waals surface area contributed by atoms with Gasteiger partial charge in [-0.2, -0.15) is 0 Å². The first kappa shape index (κ1) is 14.6. The van der Waals surface area contributed by atoms with Crippen molar-refractivity contribution in [2.45, 2.75) is 6.54 Å². The number of carbonyl (C=O) groups excluding carboxylic acids is 1. The van der Waals surface area contributed by atoms with Crippen LogP contribution in [0.1, 0.15) is 5.56 Å². The fourth-order valence-corrected chi connectivity index (χ4v) is 3.50. The third-order valence-electron chi connectivity index (χ3n) is 3.93. The van der Waals surface area contributed by atoms with Crippen LogP contribution in [0, 0.1) is 0 Å². The molecule has 0 unspecified atom stereocenters. The van der Waals surface area contributed by atoms with E-state index in [-0.39, 0.29) is 6.03 Å². The normalized spacial score (nSPS) is 13.2. The minimum atomic E-state index is -0.221. The molecule has 5 nitrogen and oxygen atoms in total. The number of hydrogen-bond acceptors (Lipinski definition) is 4. The number of fused-ring (bicyclic) bond motifs is 1. The quantitative estimate of drug-likeness (QED) is 0.622. The largest absolute Gasteiger partial charge is 0.397 e. The fourth-order valence-electron chi connectivity index (χ4n) is 2.74. The summed E-state index contributed by atoms with van der Waals surface area (Å²) in [6.45, 7) is 0.463. The number of anilines is 3. The third-order valence-corrected chi connectivity index (χ3v) is 4.83. The van der Waals surface area contributed by atoms with Crippen molar-refractivity contribution in [3.05, 3.63) is 65.5 Å². The number of nitrogens with one attached hydrogen (secondary N) is 2. The first-order valence-electron chi connectivity index (χ1n) is 7.58. The van der Waals surface area contributed by atoms with Crippen LogP contribution in [-0.2, 0) is 6.54 Å². The standard InChI is InChI=1S/C18H16N4OS/c19-14-9-8-13(15-7-4-10-24-15)16-17(14)20-18(23)22(21-16)11-12-5-2-1-3-6-12/h1-10,21H,11,19H2,(H,20,23). The number of carbonyl (C=O) groups is 1. The number of nitrogens with zero attached hydrogens (tertiary/aromatic N) is 1. The number of hydrazine groups is 1. The molecule has 2 amide bonds. The maximum absolute atomic E-state index is 12.4. The Morgan fingerprint density at radius 2 is 1.83 bits per heavy atom. The van der Waals surface area contributed by atoms with E-state index in [4.69, 9.17) is 5.73 Å². The number of thiophene rings is 1. The highest BCUT2D eigenvalue weighted by atomic mass is 32.1. The van der Waals surface area contributed by atoms with Gasteiger partial charge in [-0.1, -0.05) is 36.4 Å². The molecule has 1 aromatic heterocycles. The van der Waals surface area contributed by atoms with Crippen LogP contribution < -0.4 is 16.5 Å². The van der Waals surface area contributed by atoms with Crippen molar-refractivity contribution in [3.63, 3.8) is 0 Å². The van der Waals surface area contributed by atoms with E-state index in [2.05, 4.69) is 16.8 Å². The molecule has 0 saturated heterocycles. The summed E-state index contributed by atoms with van der Waals surface area (Å²) < 4.78 is 0. The van der Waals surface area contributed by atoms with Gasteiger partial charge in [0.25, 0.3) is 0 Å². The molecule has 0 radical (unpaired) electrons. The van der Waals surface area contributed by atoms with Crippen LogP contribution in [0.2, 0.25) is 0 Å². The van der Waals surface area contributed by atoms with Gasteiger partial charge in [0.1, 0.15) is 0 Å². The van der Waals surface area contributed by atoms with E-state index in [1.54, 1.807) is 16.3 Å². The number of nitrogen functional groups attached to an aromatic ring is 1. The molecule has 4 rings (SSSR count). The minimum absolute atomic E-state index is 0.221. The summed E-state index contributed by atoms with van der Waals surface area (Å²) in [6, 6.07) is 17.5. The second-order valence-electron chi connectivity index (χ2n) is 5.54. The molecule has 0 aliphatic carbocycles. The summed E-state index contributed by atoms with van der Waals surface area (Å²) in [5.41, 5.74) is 13.4. The van der Waals surface area contributed by atoms with Gasteiger partial charge in [0, 0.05) is 10.4 Å². The van der Waals surface area contributed by atoms with Gasteiger partial charge in [-0.25, -0.2) is 9.80 Å². The molecule has 0 atom stereocenters. The Balaban J connectivity index is 1.72. The summed E-state index contributed by atoms with van der Waals surface area (Å²) >= 11 is 1.65. The van der Waals surface area contributed by atoms with Gasteiger partial charge >= 0.3 is 6.03 Å². The first-order chi connectivity index (χ1) is 11.7. The van der Waals surface area contributed by atoms with Gasteiger partial charge in [0.15, 0.2) is 0 Å². The summed E-state index contributed by atoms with van der Waals surface area (Å²) in [7, 11) is 0. The van der Waals surface area contributed by atoms with E-state index in [1.165, 1.54) is 0 Å². The van der Waals surface area contributed by atoms with E-state index in [9.17, 15) is 4.79 Å². The lowest BCUT2D eigenvalue weighted by molar-refractivity contribution is 0.218. The zero-order valence-electron chi connectivity index (χ0n) is 12.8. The van der Waals surface area contributed by atoms with Crippen molar-refractivity contribution >= 4 is 34.4 Å². The zero-order chi connectivity index (χ0) is 16.5. The molecular formula is C18H16N4OS. The van der Waals surface area contributed by atoms with E-state index in [0.717, 1.165) is 21.7 Å². The maximum Gasteiger partial charge on any atom is 0.340 e. The molecule has 6 heteroatoms. The summed E-state index contributed by atoms with van der Waals surface area (Å²) in [5.74, 6) is 0. The lowest BCUT2D eigenvalue weighted by Crippen LogP contribution is -2.43. The summed E-state index contributed by atoms with van der Waals surface area (Å²) in [6.07, 6.45) is 0. The molecule has 120 valence electrons. The highest BCUT2D eigenvalue weighted by Crippen LogP contribution is 2.42. The molecule has 3 aromatic rings. The van der Waals surface area contributed by atoms with Crippen LogP contribution in [0.5, 0.6) is 0 Å². The van der Waals surface area contributed by atoms with E-state index in [1.807, 2.05) is 53.9 Å². The van der Waals surface area contributed by atoms with E-state index in [0.29, 0.717) is 17.9 Å². The van der Waals surface area contributed by atoms with Crippen LogP contribution in [0.4, 0.5) is 21.9 Å². The zero-order valence-corrected chi connectivity index (χ0v) is 13.6. The monoisotopic (exact) mass is 336 g/mol. The van der Waals surface area contributed by atoms with Crippen LogP contribution in [-0.4, -0.2) is 11.0 Å². The molecule has 0 spiro atoms. The summed E-state index contributed by atoms with van der Waals surface area (Å²) in [4.78, 5) is 13.5. The average Bonchev–Trinajstić information content (AvgIpc) is 3.12. The van der Waals surface area contributed by atoms with Crippen molar-refractivity contribution in [2.24, 2.45) is 0 Å². The van der Waals surface area contributed by atoms with Crippen molar-refractivity contribution in [2.75, 3.05) is 16.5 Å². The van der Waals surface area contributed by atoms with Gasteiger partial charge in [-0.15, -0.1) is 11.3 Å². The van der Waals surface area contributed by atoms with Crippen molar-refractivity contribution in [1.29, 1.82) is 0 Å². The van der Waals surface area contributed by atoms with E-state index < -0.39 is 0 Å². The second kappa shape index (κ2) is 5.90. The highest BCUT2D eigenvalue weighted by molar-refractivity contribution is 7.13. The van der Waals surface area contributed by atoms with Crippen LogP contribution in [0.15, 0.2) is 60.0 Å². The van der Waals surface area contributed by atoms with Crippen molar-refractivity contribution in [1.82, 2.24) is 5.01 Å². The van der Waals surface area contributed by atoms with Crippen LogP contribution in [0.25, 0.3) is 10.4 Å². The second-order valence-corrected chi connectivity index (χ2v) is 6.49. The highest BCUT2D eigenvalue weighted by Gasteiger charge is 2.26. The topological polar surface area (TPSA) is 70.4 Å². The minimum Gasteiger partial charge on any atom is -0.397 e. The van der Waals surface area contributed by atoms with Gasteiger partial charge in [-0.05, 0) is 29.1 Å². The molecule has 1 aliphatic heterocycles. The van der Waals surface area contributed by atoms with Gasteiger partial charge < -0.3 is 11.1 Å². The Labute approximate surface area is 143 Å². The number of urea groups is 1. The molecule has 24 heavy (non-hydrogen) atoms. The Kier molecular flexibility index (Phi) is 3.59. The number of nitrogens with two attached hydrogens (primary N) is 1. The van der Waals surface area contributed by atoms with Gasteiger partial charge in [0.2, 0.25) is 0 Å². The molecule has 1 aliphatic rings. The number of benzene rings is 2. The molecule has 4 N–H and O–H groups in total.